The monoisotopic (exact) mass is 355 g/mol. The lowest BCUT2D eigenvalue weighted by Crippen LogP contribution is -2.18. The maximum Gasteiger partial charge on any atom is 0.161 e. The van der Waals surface area contributed by atoms with Gasteiger partial charge in [-0.25, -0.2) is 9.97 Å². The number of nitrogens with zero attached hydrogens (tertiary/aromatic N) is 3. The molecule has 5 nitrogen and oxygen atoms in total. The van der Waals surface area contributed by atoms with Gasteiger partial charge >= 0.3 is 0 Å². The normalized spacial score (nSPS) is 13.1. The van der Waals surface area contributed by atoms with Crippen molar-refractivity contribution in [2.24, 2.45) is 0 Å². The molecule has 25 heavy (non-hydrogen) atoms. The van der Waals surface area contributed by atoms with Crippen LogP contribution in [0.4, 0.5) is 5.82 Å². The second-order valence-electron chi connectivity index (χ2n) is 6.28. The van der Waals surface area contributed by atoms with Crippen molar-refractivity contribution in [3.63, 3.8) is 0 Å². The Kier molecular flexibility index (Phi) is 4.21. The van der Waals surface area contributed by atoms with Crippen LogP contribution in [0.3, 0.4) is 0 Å². The molecule has 0 fully saturated rings. The van der Waals surface area contributed by atoms with Gasteiger partial charge in [-0.2, -0.15) is 0 Å². The highest BCUT2D eigenvalue weighted by molar-refractivity contribution is 7.19. The molecule has 0 spiro atoms. The van der Waals surface area contributed by atoms with Crippen molar-refractivity contribution in [2.75, 3.05) is 26.2 Å². The molecule has 6 heteroatoms. The smallest absolute Gasteiger partial charge is 0.161 e. The molecule has 0 unspecified atom stereocenters. The number of fused-ring (bicyclic) bond motifs is 3. The predicted molar refractivity (Wildman–Crippen MR) is 101 cm³/mol. The molecule has 0 aliphatic heterocycles. The highest BCUT2D eigenvalue weighted by Gasteiger charge is 2.22. The highest BCUT2D eigenvalue weighted by atomic mass is 32.1. The van der Waals surface area contributed by atoms with Crippen LogP contribution < -0.4 is 14.4 Å². The van der Waals surface area contributed by atoms with E-state index in [1.165, 1.54) is 28.7 Å². The van der Waals surface area contributed by atoms with Crippen LogP contribution >= 0.6 is 11.3 Å². The number of aromatic nitrogens is 2. The van der Waals surface area contributed by atoms with Crippen molar-refractivity contribution in [1.82, 2.24) is 9.97 Å². The third-order valence-corrected chi connectivity index (χ3v) is 5.91. The van der Waals surface area contributed by atoms with Gasteiger partial charge in [-0.1, -0.05) is 6.07 Å². The van der Waals surface area contributed by atoms with Crippen molar-refractivity contribution >= 4 is 27.4 Å². The summed E-state index contributed by atoms with van der Waals surface area (Å²) in [4.78, 5) is 13.9. The molecule has 0 atom stereocenters. The van der Waals surface area contributed by atoms with E-state index in [9.17, 15) is 0 Å². The van der Waals surface area contributed by atoms with E-state index >= 15 is 0 Å². The first-order valence-corrected chi connectivity index (χ1v) is 9.20. The van der Waals surface area contributed by atoms with Gasteiger partial charge in [0.15, 0.2) is 11.5 Å². The summed E-state index contributed by atoms with van der Waals surface area (Å²) in [6.07, 6.45) is 5.23. The van der Waals surface area contributed by atoms with Crippen molar-refractivity contribution in [1.29, 1.82) is 0 Å². The van der Waals surface area contributed by atoms with Gasteiger partial charge in [0.1, 0.15) is 17.0 Å². The molecule has 2 aromatic heterocycles. The van der Waals surface area contributed by atoms with E-state index in [4.69, 9.17) is 9.47 Å². The molecule has 1 aliphatic carbocycles. The summed E-state index contributed by atoms with van der Waals surface area (Å²) in [5.41, 5.74) is 2.61. The van der Waals surface area contributed by atoms with Crippen molar-refractivity contribution in [3.8, 4) is 11.5 Å². The van der Waals surface area contributed by atoms with Crippen molar-refractivity contribution in [3.05, 3.63) is 40.5 Å². The number of rotatable bonds is 5. The minimum absolute atomic E-state index is 0.744. The van der Waals surface area contributed by atoms with Gasteiger partial charge in [0.05, 0.1) is 19.6 Å². The largest absolute Gasteiger partial charge is 0.493 e. The third-order valence-electron chi connectivity index (χ3n) is 4.71. The Morgan fingerprint density at radius 3 is 2.76 bits per heavy atom. The second-order valence-corrected chi connectivity index (χ2v) is 7.36. The molecule has 0 N–H and O–H groups in total. The fourth-order valence-electron chi connectivity index (χ4n) is 3.53. The average Bonchev–Trinajstić information content (AvgIpc) is 3.22. The zero-order valence-electron chi connectivity index (χ0n) is 14.7. The van der Waals surface area contributed by atoms with Gasteiger partial charge in [0.2, 0.25) is 0 Å². The number of aryl methyl sites for hydroxylation is 2. The van der Waals surface area contributed by atoms with Gasteiger partial charge < -0.3 is 14.4 Å². The Morgan fingerprint density at radius 2 is 1.96 bits per heavy atom. The zero-order chi connectivity index (χ0) is 17.4. The first-order chi connectivity index (χ1) is 12.2. The summed E-state index contributed by atoms with van der Waals surface area (Å²) in [6.45, 7) is 0.747. The summed E-state index contributed by atoms with van der Waals surface area (Å²) in [6, 6.07) is 6.03. The standard InChI is InChI=1S/C19H21N3O2S/c1-22(10-12-7-8-14(23-2)15(9-12)24-3)18-17-13-5-4-6-16(13)25-19(17)21-11-20-18/h7-9,11H,4-6,10H2,1-3H3. The van der Waals surface area contributed by atoms with E-state index in [0.29, 0.717) is 0 Å². The Hall–Kier alpha value is -2.34. The quantitative estimate of drug-likeness (QED) is 0.696. The fraction of sp³-hybridized carbons (Fsp3) is 0.368. The van der Waals surface area contributed by atoms with Gasteiger partial charge in [0, 0.05) is 18.5 Å². The molecule has 0 saturated carbocycles. The number of hydrogen-bond acceptors (Lipinski definition) is 6. The third kappa shape index (κ3) is 2.80. The summed E-state index contributed by atoms with van der Waals surface area (Å²) in [5.74, 6) is 2.51. The van der Waals surface area contributed by atoms with Gasteiger partial charge in [-0.3, -0.25) is 0 Å². The SMILES string of the molecule is COc1ccc(CN(C)c2ncnc3sc4c(c23)CCC4)cc1OC. The first kappa shape index (κ1) is 16.1. The van der Waals surface area contributed by atoms with Crippen LogP contribution in [0.15, 0.2) is 24.5 Å². The molecule has 0 saturated heterocycles. The Labute approximate surface area is 151 Å². The summed E-state index contributed by atoms with van der Waals surface area (Å²) in [7, 11) is 5.39. The van der Waals surface area contributed by atoms with E-state index in [-0.39, 0.29) is 0 Å². The van der Waals surface area contributed by atoms with Gasteiger partial charge in [-0.05, 0) is 42.5 Å². The summed E-state index contributed by atoms with van der Waals surface area (Å²) < 4.78 is 10.7. The number of methoxy groups -OCH3 is 2. The maximum absolute atomic E-state index is 5.42. The van der Waals surface area contributed by atoms with E-state index in [1.807, 2.05) is 23.5 Å². The second kappa shape index (κ2) is 6.52. The van der Waals surface area contributed by atoms with E-state index in [1.54, 1.807) is 20.5 Å². The van der Waals surface area contributed by atoms with Crippen LogP contribution in [0.25, 0.3) is 10.2 Å². The molecule has 1 aromatic carbocycles. The molecular formula is C19H21N3O2S. The molecule has 0 amide bonds. The van der Waals surface area contributed by atoms with E-state index in [0.717, 1.165) is 40.7 Å². The maximum atomic E-state index is 5.42. The number of ether oxygens (including phenoxy) is 2. The lowest BCUT2D eigenvalue weighted by molar-refractivity contribution is 0.354. The van der Waals surface area contributed by atoms with Crippen LogP contribution in [0.2, 0.25) is 0 Å². The average molecular weight is 355 g/mol. The predicted octanol–water partition coefficient (Wildman–Crippen LogP) is 3.83. The van der Waals surface area contributed by atoms with Crippen molar-refractivity contribution in [2.45, 2.75) is 25.8 Å². The van der Waals surface area contributed by atoms with Gasteiger partial charge in [-0.15, -0.1) is 11.3 Å². The minimum atomic E-state index is 0.744. The van der Waals surface area contributed by atoms with Crippen molar-refractivity contribution < 1.29 is 9.47 Å². The lowest BCUT2D eigenvalue weighted by Gasteiger charge is -2.20. The number of hydrogen-bond donors (Lipinski definition) is 0. The van der Waals surface area contributed by atoms with E-state index in [2.05, 4.69) is 28.0 Å². The van der Waals surface area contributed by atoms with E-state index < -0.39 is 0 Å². The first-order valence-electron chi connectivity index (χ1n) is 8.38. The number of thiophene rings is 1. The summed E-state index contributed by atoms with van der Waals surface area (Å²) in [5, 5.41) is 1.24. The van der Waals surface area contributed by atoms with Crippen LogP contribution in [0, 0.1) is 0 Å². The molecule has 2 heterocycles. The van der Waals surface area contributed by atoms with Crippen LogP contribution in [-0.2, 0) is 19.4 Å². The summed E-state index contributed by atoms with van der Waals surface area (Å²) >= 11 is 1.82. The zero-order valence-corrected chi connectivity index (χ0v) is 15.5. The highest BCUT2D eigenvalue weighted by Crippen LogP contribution is 2.40. The molecular weight excluding hydrogens is 334 g/mol. The number of benzene rings is 1. The Balaban J connectivity index is 1.68. The Morgan fingerprint density at radius 1 is 1.12 bits per heavy atom. The lowest BCUT2D eigenvalue weighted by atomic mass is 10.1. The molecule has 0 bridgehead atoms. The minimum Gasteiger partial charge on any atom is -0.493 e. The van der Waals surface area contributed by atoms with Crippen LogP contribution in [0.1, 0.15) is 22.4 Å². The fourth-order valence-corrected chi connectivity index (χ4v) is 4.75. The molecule has 3 aromatic rings. The van der Waals surface area contributed by atoms with Crippen LogP contribution in [0.5, 0.6) is 11.5 Å². The topological polar surface area (TPSA) is 47.5 Å². The number of anilines is 1. The molecule has 4 rings (SSSR count). The van der Waals surface area contributed by atoms with Gasteiger partial charge in [0.25, 0.3) is 0 Å². The molecule has 0 radical (unpaired) electrons. The Bertz CT molecular complexity index is 922. The molecule has 1 aliphatic rings. The molecule has 130 valence electrons. The van der Waals surface area contributed by atoms with Crippen LogP contribution in [-0.4, -0.2) is 31.2 Å².